The highest BCUT2D eigenvalue weighted by Crippen LogP contribution is 2.39. The smallest absolute Gasteiger partial charge is 0.263 e. The van der Waals surface area contributed by atoms with Crippen molar-refractivity contribution in [3.8, 4) is 0 Å². The van der Waals surface area contributed by atoms with Crippen LogP contribution in [0.4, 0.5) is 17.3 Å². The number of hydrogen-bond acceptors (Lipinski definition) is 6. The number of likely N-dealkylation sites (tertiary alicyclic amines) is 1. The molecular formula is C25H25Cl2N5OS. The zero-order valence-electron chi connectivity index (χ0n) is 18.8. The molecule has 2 aromatic carbocycles. The van der Waals surface area contributed by atoms with E-state index in [1.165, 1.54) is 43.3 Å². The first-order valence-corrected chi connectivity index (χ1v) is 13.0. The van der Waals surface area contributed by atoms with Gasteiger partial charge in [0.25, 0.3) is 5.91 Å². The molecule has 0 aliphatic carbocycles. The Hall–Kier alpha value is -2.32. The molecule has 34 heavy (non-hydrogen) atoms. The quantitative estimate of drug-likeness (QED) is 0.414. The van der Waals surface area contributed by atoms with E-state index in [-0.39, 0.29) is 5.91 Å². The largest absolute Gasteiger partial charge is 0.324 e. The molecule has 176 valence electrons. The number of aromatic nitrogens is 2. The molecule has 6 nitrogen and oxygen atoms in total. The Bertz CT molecular complexity index is 1180. The van der Waals surface area contributed by atoms with E-state index in [0.717, 1.165) is 18.0 Å². The number of rotatable bonds is 5. The lowest BCUT2D eigenvalue weighted by Crippen LogP contribution is -2.35. The fourth-order valence-electron chi connectivity index (χ4n) is 4.38. The van der Waals surface area contributed by atoms with Gasteiger partial charge in [-0.15, -0.1) is 0 Å². The van der Waals surface area contributed by atoms with E-state index in [0.29, 0.717) is 38.1 Å². The van der Waals surface area contributed by atoms with Crippen LogP contribution in [0, 0.1) is 5.92 Å². The van der Waals surface area contributed by atoms with Crippen molar-refractivity contribution in [2.24, 2.45) is 5.92 Å². The average molecular weight is 514 g/mol. The van der Waals surface area contributed by atoms with Crippen LogP contribution in [-0.2, 0) is 6.42 Å². The van der Waals surface area contributed by atoms with E-state index >= 15 is 0 Å². The second-order valence-corrected chi connectivity index (χ2v) is 10.5. The maximum Gasteiger partial charge on any atom is 0.263 e. The third kappa shape index (κ3) is 5.03. The zero-order valence-corrected chi connectivity index (χ0v) is 21.1. The highest BCUT2D eigenvalue weighted by molar-refractivity contribution is 7.99. The zero-order chi connectivity index (χ0) is 23.7. The first-order chi connectivity index (χ1) is 16.5. The summed E-state index contributed by atoms with van der Waals surface area (Å²) in [5.74, 6) is 1.38. The van der Waals surface area contributed by atoms with Crippen LogP contribution in [0.2, 0.25) is 10.0 Å². The monoisotopic (exact) mass is 513 g/mol. The molecule has 2 aliphatic heterocycles. The molecule has 1 fully saturated rings. The molecule has 9 heteroatoms. The Morgan fingerprint density at radius 2 is 1.79 bits per heavy atom. The topological polar surface area (TPSA) is 61.4 Å². The lowest BCUT2D eigenvalue weighted by Gasteiger charge is -2.29. The fraction of sp³-hybridized carbons (Fsp3) is 0.320. The molecule has 3 heterocycles. The van der Waals surface area contributed by atoms with Crippen molar-refractivity contribution in [2.45, 2.75) is 24.3 Å². The molecule has 3 aromatic rings. The Kier molecular flexibility index (Phi) is 6.97. The van der Waals surface area contributed by atoms with Crippen LogP contribution in [0.25, 0.3) is 0 Å². The Morgan fingerprint density at radius 3 is 2.50 bits per heavy atom. The number of nitrogens with zero attached hydrogens (tertiary/aromatic N) is 4. The number of carbonyl (C=O) groups excluding carboxylic acids is 1. The number of hydrogen-bond donors (Lipinski definition) is 1. The van der Waals surface area contributed by atoms with Gasteiger partial charge in [0.2, 0.25) is 5.95 Å². The van der Waals surface area contributed by atoms with Crippen molar-refractivity contribution in [3.05, 3.63) is 69.8 Å². The molecule has 0 saturated carbocycles. The van der Waals surface area contributed by atoms with E-state index in [4.69, 9.17) is 23.2 Å². The molecule has 0 spiro atoms. The number of halogens is 2. The van der Waals surface area contributed by atoms with Gasteiger partial charge in [0, 0.05) is 11.9 Å². The van der Waals surface area contributed by atoms with Crippen molar-refractivity contribution in [2.75, 3.05) is 36.2 Å². The van der Waals surface area contributed by atoms with Gasteiger partial charge in [-0.1, -0.05) is 53.2 Å². The molecule has 1 aromatic heterocycles. The van der Waals surface area contributed by atoms with Crippen molar-refractivity contribution in [3.63, 3.8) is 0 Å². The predicted molar refractivity (Wildman–Crippen MR) is 140 cm³/mol. The van der Waals surface area contributed by atoms with Gasteiger partial charge in [-0.25, -0.2) is 9.97 Å². The molecular weight excluding hydrogens is 489 g/mol. The number of benzene rings is 2. The Labute approximate surface area is 213 Å². The molecule has 1 amide bonds. The average Bonchev–Trinajstić information content (AvgIpc) is 2.83. The summed E-state index contributed by atoms with van der Waals surface area (Å²) in [6.07, 6.45) is 5.20. The van der Waals surface area contributed by atoms with Gasteiger partial charge in [-0.3, -0.25) is 9.69 Å². The lowest BCUT2D eigenvalue weighted by molar-refractivity contribution is 0.0985. The standard InChI is InChI=1S/C25H25Cl2N5OS/c1-31-11-9-17(10-12-31)13-16-5-7-18(8-6-16)29-25-28-14-19-23(30-25)34-15-32(24(19)33)22-20(26)3-2-4-21(22)27/h2-8,14,17H,9-13,15H2,1H3,(H,28,29,30). The molecule has 0 atom stereocenters. The van der Waals surface area contributed by atoms with Crippen molar-refractivity contribution < 1.29 is 4.79 Å². The summed E-state index contributed by atoms with van der Waals surface area (Å²) in [6.45, 7) is 2.37. The summed E-state index contributed by atoms with van der Waals surface area (Å²) in [5.41, 5.74) is 3.22. The molecule has 1 N–H and O–H groups in total. The van der Waals surface area contributed by atoms with Gasteiger partial charge in [0.1, 0.15) is 5.03 Å². The van der Waals surface area contributed by atoms with Crippen LogP contribution in [0.1, 0.15) is 28.8 Å². The summed E-state index contributed by atoms with van der Waals surface area (Å²) in [5, 5.41) is 4.76. The van der Waals surface area contributed by atoms with Crippen LogP contribution in [-0.4, -0.2) is 46.8 Å². The van der Waals surface area contributed by atoms with Crippen molar-refractivity contribution in [1.29, 1.82) is 0 Å². The third-order valence-electron chi connectivity index (χ3n) is 6.34. The highest BCUT2D eigenvalue weighted by Gasteiger charge is 2.30. The highest BCUT2D eigenvalue weighted by atomic mass is 35.5. The van der Waals surface area contributed by atoms with E-state index in [1.807, 2.05) is 0 Å². The Balaban J connectivity index is 1.26. The summed E-state index contributed by atoms with van der Waals surface area (Å²) in [7, 11) is 2.19. The number of anilines is 3. The molecule has 2 aliphatic rings. The first kappa shape index (κ1) is 23.4. The van der Waals surface area contributed by atoms with Crippen molar-refractivity contribution >= 4 is 58.2 Å². The summed E-state index contributed by atoms with van der Waals surface area (Å²) in [6, 6.07) is 13.7. The number of amides is 1. The normalized spacial score (nSPS) is 17.0. The molecule has 5 rings (SSSR count). The summed E-state index contributed by atoms with van der Waals surface area (Å²) < 4.78 is 0. The SMILES string of the molecule is CN1CCC(Cc2ccc(Nc3ncc4c(n3)SCN(c3c(Cl)cccc3Cl)C4=O)cc2)CC1. The van der Waals surface area contributed by atoms with Crippen LogP contribution in [0.15, 0.2) is 53.7 Å². The van der Waals surface area contributed by atoms with Gasteiger partial charge in [-0.2, -0.15) is 0 Å². The van der Waals surface area contributed by atoms with Gasteiger partial charge in [0.05, 0.1) is 27.2 Å². The maximum atomic E-state index is 13.1. The lowest BCUT2D eigenvalue weighted by atomic mass is 9.90. The van der Waals surface area contributed by atoms with Gasteiger partial charge >= 0.3 is 0 Å². The number of para-hydroxylation sites is 1. The van der Waals surface area contributed by atoms with Crippen LogP contribution in [0.3, 0.4) is 0 Å². The number of nitrogens with one attached hydrogen (secondary N) is 1. The number of carbonyl (C=O) groups is 1. The molecule has 1 saturated heterocycles. The second kappa shape index (κ2) is 10.1. The van der Waals surface area contributed by atoms with E-state index in [2.05, 4.69) is 51.5 Å². The van der Waals surface area contributed by atoms with Crippen LogP contribution in [0.5, 0.6) is 0 Å². The number of fused-ring (bicyclic) bond motifs is 1. The van der Waals surface area contributed by atoms with Gasteiger partial charge in [-0.05, 0) is 75.1 Å². The number of piperidine rings is 1. The van der Waals surface area contributed by atoms with Crippen LogP contribution < -0.4 is 10.2 Å². The summed E-state index contributed by atoms with van der Waals surface area (Å²) in [4.78, 5) is 26.0. The summed E-state index contributed by atoms with van der Waals surface area (Å²) >= 11 is 14.1. The van der Waals surface area contributed by atoms with Gasteiger partial charge < -0.3 is 10.2 Å². The third-order valence-corrected chi connectivity index (χ3v) is 7.92. The van der Waals surface area contributed by atoms with Crippen molar-refractivity contribution in [1.82, 2.24) is 14.9 Å². The second-order valence-electron chi connectivity index (χ2n) is 8.76. The van der Waals surface area contributed by atoms with E-state index in [9.17, 15) is 4.79 Å². The molecule has 0 radical (unpaired) electrons. The minimum atomic E-state index is -0.214. The fourth-order valence-corrected chi connectivity index (χ4v) is 5.92. The Morgan fingerprint density at radius 1 is 1.09 bits per heavy atom. The molecule has 0 unspecified atom stereocenters. The van der Waals surface area contributed by atoms with Gasteiger partial charge in [0.15, 0.2) is 0 Å². The first-order valence-electron chi connectivity index (χ1n) is 11.3. The molecule has 0 bridgehead atoms. The van der Waals surface area contributed by atoms with Crippen LogP contribution >= 0.6 is 35.0 Å². The van der Waals surface area contributed by atoms with E-state index < -0.39 is 0 Å². The number of thioether (sulfide) groups is 1. The minimum Gasteiger partial charge on any atom is -0.324 e. The van der Waals surface area contributed by atoms with E-state index in [1.54, 1.807) is 29.3 Å². The predicted octanol–water partition coefficient (Wildman–Crippen LogP) is 6.12. The minimum absolute atomic E-state index is 0.214. The maximum absolute atomic E-state index is 13.1.